The van der Waals surface area contributed by atoms with Crippen LogP contribution in [0.2, 0.25) is 0 Å². The number of nitro groups is 1. The summed E-state index contributed by atoms with van der Waals surface area (Å²) in [5.41, 5.74) is 6.26. The van der Waals surface area contributed by atoms with Crippen molar-refractivity contribution in [3.8, 4) is 11.5 Å². The van der Waals surface area contributed by atoms with E-state index in [1.165, 1.54) is 6.07 Å². The van der Waals surface area contributed by atoms with E-state index in [0.29, 0.717) is 31.9 Å². The lowest BCUT2D eigenvalue weighted by molar-refractivity contribution is -0.385. The van der Waals surface area contributed by atoms with E-state index >= 15 is 0 Å². The molecule has 0 aliphatic carbocycles. The average molecular weight is 254 g/mol. The molecule has 0 aliphatic heterocycles. The van der Waals surface area contributed by atoms with Crippen molar-refractivity contribution in [1.82, 2.24) is 0 Å². The first-order valence-electron chi connectivity index (χ1n) is 5.91. The van der Waals surface area contributed by atoms with Gasteiger partial charge in [0.2, 0.25) is 0 Å². The summed E-state index contributed by atoms with van der Waals surface area (Å²) < 4.78 is 10.7. The van der Waals surface area contributed by atoms with Crippen LogP contribution >= 0.6 is 0 Å². The molecular weight excluding hydrogens is 236 g/mol. The maximum atomic E-state index is 11.0. The molecule has 0 unspecified atom stereocenters. The molecule has 0 aromatic heterocycles. The molecule has 0 spiro atoms. The van der Waals surface area contributed by atoms with Crippen molar-refractivity contribution in [2.75, 3.05) is 19.8 Å². The minimum atomic E-state index is -0.472. The van der Waals surface area contributed by atoms with Crippen molar-refractivity contribution in [3.05, 3.63) is 27.8 Å². The fourth-order valence-electron chi connectivity index (χ4n) is 1.65. The van der Waals surface area contributed by atoms with Crippen LogP contribution in [0.1, 0.15) is 19.4 Å². The van der Waals surface area contributed by atoms with E-state index in [1.807, 2.05) is 6.92 Å². The van der Waals surface area contributed by atoms with E-state index in [1.54, 1.807) is 13.0 Å². The fraction of sp³-hybridized carbons (Fsp3) is 0.500. The summed E-state index contributed by atoms with van der Waals surface area (Å²) in [7, 11) is 0. The summed E-state index contributed by atoms with van der Waals surface area (Å²) in [6.07, 6.45) is 0.591. The lowest BCUT2D eigenvalue weighted by Crippen LogP contribution is -2.07. The monoisotopic (exact) mass is 254 g/mol. The summed E-state index contributed by atoms with van der Waals surface area (Å²) in [5.74, 6) is 0.757. The van der Waals surface area contributed by atoms with Crippen LogP contribution in [-0.4, -0.2) is 24.7 Å². The van der Waals surface area contributed by atoms with Gasteiger partial charge in [-0.25, -0.2) is 0 Å². The Kier molecular flexibility index (Phi) is 5.38. The van der Waals surface area contributed by atoms with Gasteiger partial charge in [0.25, 0.3) is 0 Å². The third-order valence-electron chi connectivity index (χ3n) is 2.35. The van der Waals surface area contributed by atoms with Crippen molar-refractivity contribution >= 4 is 5.69 Å². The van der Waals surface area contributed by atoms with Crippen LogP contribution in [-0.2, 0) is 6.42 Å². The molecule has 0 bridgehead atoms. The van der Waals surface area contributed by atoms with Crippen molar-refractivity contribution in [3.63, 3.8) is 0 Å². The summed E-state index contributed by atoms with van der Waals surface area (Å²) in [5, 5.41) is 11.0. The normalized spacial score (nSPS) is 10.2. The Hall–Kier alpha value is -1.82. The van der Waals surface area contributed by atoms with Gasteiger partial charge < -0.3 is 15.2 Å². The minimum absolute atomic E-state index is 0.0823. The number of nitrogens with two attached hydrogens (primary N) is 1. The highest BCUT2D eigenvalue weighted by Crippen LogP contribution is 2.34. The SMILES string of the molecule is CCOc1cc([N+](=O)[O-])c(OCC)cc1CCN. The van der Waals surface area contributed by atoms with Gasteiger partial charge in [-0.05, 0) is 38.4 Å². The molecular formula is C12H18N2O4. The van der Waals surface area contributed by atoms with Gasteiger partial charge in [-0.3, -0.25) is 10.1 Å². The molecule has 0 saturated carbocycles. The van der Waals surface area contributed by atoms with E-state index in [9.17, 15) is 10.1 Å². The maximum absolute atomic E-state index is 11.0. The van der Waals surface area contributed by atoms with Gasteiger partial charge >= 0.3 is 5.69 Å². The van der Waals surface area contributed by atoms with Crippen LogP contribution in [0.3, 0.4) is 0 Å². The van der Waals surface area contributed by atoms with E-state index in [2.05, 4.69) is 0 Å². The highest BCUT2D eigenvalue weighted by Gasteiger charge is 2.19. The molecule has 0 amide bonds. The van der Waals surface area contributed by atoms with Gasteiger partial charge in [-0.15, -0.1) is 0 Å². The number of ether oxygens (including phenoxy) is 2. The molecule has 0 heterocycles. The first-order chi connectivity index (χ1) is 8.63. The van der Waals surface area contributed by atoms with Crippen LogP contribution in [0.15, 0.2) is 12.1 Å². The second-order valence-electron chi connectivity index (χ2n) is 3.59. The first-order valence-corrected chi connectivity index (χ1v) is 5.91. The molecule has 2 N–H and O–H groups in total. The minimum Gasteiger partial charge on any atom is -0.493 e. The van der Waals surface area contributed by atoms with Gasteiger partial charge in [0.15, 0.2) is 5.75 Å². The zero-order chi connectivity index (χ0) is 13.5. The Balaban J connectivity index is 3.25. The standard InChI is InChI=1S/C12H18N2O4/c1-3-17-11-8-10(14(15)16)12(18-4-2)7-9(11)5-6-13/h7-8H,3-6,13H2,1-2H3. The number of benzene rings is 1. The van der Waals surface area contributed by atoms with Crippen molar-refractivity contribution < 1.29 is 14.4 Å². The van der Waals surface area contributed by atoms with Gasteiger partial charge in [0.1, 0.15) is 5.75 Å². The van der Waals surface area contributed by atoms with Crippen LogP contribution in [0, 0.1) is 10.1 Å². The van der Waals surface area contributed by atoms with Gasteiger partial charge in [0.05, 0.1) is 24.2 Å². The molecule has 1 aromatic rings. The molecule has 0 atom stereocenters. The van der Waals surface area contributed by atoms with Gasteiger partial charge in [-0.1, -0.05) is 0 Å². The Morgan fingerprint density at radius 1 is 1.22 bits per heavy atom. The molecule has 0 radical (unpaired) electrons. The lowest BCUT2D eigenvalue weighted by Gasteiger charge is -2.12. The summed E-state index contributed by atoms with van der Waals surface area (Å²) in [6, 6.07) is 3.04. The van der Waals surface area contributed by atoms with Crippen molar-refractivity contribution in [1.29, 1.82) is 0 Å². The van der Waals surface area contributed by atoms with Crippen LogP contribution in [0.5, 0.6) is 11.5 Å². The highest BCUT2D eigenvalue weighted by molar-refractivity contribution is 5.55. The molecule has 18 heavy (non-hydrogen) atoms. The number of nitro benzene ring substituents is 1. The van der Waals surface area contributed by atoms with E-state index in [4.69, 9.17) is 15.2 Å². The number of hydrogen-bond acceptors (Lipinski definition) is 5. The topological polar surface area (TPSA) is 87.6 Å². The van der Waals surface area contributed by atoms with E-state index in [0.717, 1.165) is 5.56 Å². The maximum Gasteiger partial charge on any atom is 0.314 e. The summed E-state index contributed by atoms with van der Waals surface area (Å²) in [4.78, 5) is 10.5. The number of hydrogen-bond donors (Lipinski definition) is 1. The van der Waals surface area contributed by atoms with Crippen LogP contribution in [0.4, 0.5) is 5.69 Å². The van der Waals surface area contributed by atoms with Crippen molar-refractivity contribution in [2.24, 2.45) is 5.73 Å². The average Bonchev–Trinajstić information content (AvgIpc) is 2.32. The molecule has 0 aliphatic rings. The molecule has 0 fully saturated rings. The molecule has 6 heteroatoms. The van der Waals surface area contributed by atoms with Gasteiger partial charge in [-0.2, -0.15) is 0 Å². The number of nitrogens with zero attached hydrogens (tertiary/aromatic N) is 1. The molecule has 1 aromatic carbocycles. The van der Waals surface area contributed by atoms with Crippen LogP contribution in [0.25, 0.3) is 0 Å². The second kappa shape index (κ2) is 6.80. The fourth-order valence-corrected chi connectivity index (χ4v) is 1.65. The second-order valence-corrected chi connectivity index (χ2v) is 3.59. The predicted octanol–water partition coefficient (Wildman–Crippen LogP) is 1.89. The zero-order valence-corrected chi connectivity index (χ0v) is 10.6. The number of rotatable bonds is 7. The van der Waals surface area contributed by atoms with Crippen molar-refractivity contribution in [2.45, 2.75) is 20.3 Å². The van der Waals surface area contributed by atoms with E-state index in [-0.39, 0.29) is 11.4 Å². The summed E-state index contributed by atoms with van der Waals surface area (Å²) in [6.45, 7) is 4.88. The van der Waals surface area contributed by atoms with E-state index < -0.39 is 4.92 Å². The smallest absolute Gasteiger partial charge is 0.314 e. The molecule has 1 rings (SSSR count). The quantitative estimate of drug-likeness (QED) is 0.593. The Bertz CT molecular complexity index is 421. The first kappa shape index (κ1) is 14.2. The third kappa shape index (κ3) is 3.33. The molecule has 0 saturated heterocycles. The highest BCUT2D eigenvalue weighted by atomic mass is 16.6. The van der Waals surface area contributed by atoms with Gasteiger partial charge in [0, 0.05) is 0 Å². The summed E-state index contributed by atoms with van der Waals surface area (Å²) >= 11 is 0. The Morgan fingerprint density at radius 3 is 2.33 bits per heavy atom. The third-order valence-corrected chi connectivity index (χ3v) is 2.35. The zero-order valence-electron chi connectivity index (χ0n) is 10.6. The molecule has 100 valence electrons. The lowest BCUT2D eigenvalue weighted by atomic mass is 10.1. The van der Waals surface area contributed by atoms with Crippen LogP contribution < -0.4 is 15.2 Å². The largest absolute Gasteiger partial charge is 0.493 e. The predicted molar refractivity (Wildman–Crippen MR) is 68.2 cm³/mol. The Morgan fingerprint density at radius 2 is 1.83 bits per heavy atom. The Labute approximate surface area is 106 Å². The molecule has 6 nitrogen and oxygen atoms in total.